The quantitative estimate of drug-likeness (QED) is 0.372. The van der Waals surface area contributed by atoms with Crippen molar-refractivity contribution in [3.8, 4) is 0 Å². The number of rotatable bonds is 3. The van der Waals surface area contributed by atoms with Crippen molar-refractivity contribution in [3.63, 3.8) is 0 Å². The number of carbonyl (C=O) groups excluding carboxylic acids is 1. The summed E-state index contributed by atoms with van der Waals surface area (Å²) in [6, 6.07) is 10.5. The van der Waals surface area contributed by atoms with Crippen LogP contribution in [0.15, 0.2) is 48.2 Å². The standard InChI is InChI=1S/C15H11F3O2.Al/c1-9-6-11(7-10-4-2-3-5-12(9)10)13(19)8-14(20)15(16,17)18;/h2-8,20H,1H3;/q;+1/p-1/b14-8-;. The van der Waals surface area contributed by atoms with E-state index in [0.29, 0.717) is 6.08 Å². The van der Waals surface area contributed by atoms with Crippen LogP contribution in [0.5, 0.6) is 0 Å². The van der Waals surface area contributed by atoms with Gasteiger partial charge in [0.25, 0.3) is 0 Å². The van der Waals surface area contributed by atoms with Crippen molar-refractivity contribution in [1.29, 1.82) is 0 Å². The number of carbonyl (C=O) groups is 1. The van der Waals surface area contributed by atoms with Crippen molar-refractivity contribution in [2.24, 2.45) is 0 Å². The number of fused-ring (bicyclic) bond motifs is 1. The lowest BCUT2D eigenvalue weighted by Crippen LogP contribution is -2.15. The highest BCUT2D eigenvalue weighted by atomic mass is 27.1. The number of allylic oxidation sites excluding steroid dienone is 2. The molecule has 0 heterocycles. The lowest BCUT2D eigenvalue weighted by molar-refractivity contribution is -0.115. The van der Waals surface area contributed by atoms with Gasteiger partial charge in [-0.2, -0.15) is 13.2 Å². The SMILES string of the molecule is Cc1cc(C(=O)/C=C(\[O][Al])C(F)(F)F)cc2ccccc12. The minimum absolute atomic E-state index is 0.190. The molecular weight excluding hydrogens is 296 g/mol. The molecule has 2 rings (SSSR count). The van der Waals surface area contributed by atoms with E-state index < -0.39 is 17.7 Å². The fourth-order valence-corrected chi connectivity index (χ4v) is 2.23. The first-order valence-corrected chi connectivity index (χ1v) is 6.49. The van der Waals surface area contributed by atoms with Crippen LogP contribution < -0.4 is 0 Å². The Bertz CT molecular complexity index is 720. The van der Waals surface area contributed by atoms with Gasteiger partial charge in [-0.05, 0) is 35.4 Å². The molecule has 6 heteroatoms. The Balaban J connectivity index is 2.47. The zero-order valence-electron chi connectivity index (χ0n) is 11.1. The summed E-state index contributed by atoms with van der Waals surface area (Å²) in [5, 5.41) is 1.76. The van der Waals surface area contributed by atoms with Gasteiger partial charge in [-0.25, -0.2) is 0 Å². The lowest BCUT2D eigenvalue weighted by atomic mass is 9.99. The molecule has 0 aromatic heterocycles. The smallest absolute Gasteiger partial charge is 0.482 e. The van der Waals surface area contributed by atoms with Crippen LogP contribution in [0, 0.1) is 6.92 Å². The Morgan fingerprint density at radius 3 is 2.52 bits per heavy atom. The first-order valence-electron chi connectivity index (χ1n) is 6.02. The molecule has 0 aliphatic heterocycles. The summed E-state index contributed by atoms with van der Waals surface area (Å²) in [7, 11) is 0. The normalized spacial score (nSPS) is 12.5. The summed E-state index contributed by atoms with van der Waals surface area (Å²) >= 11 is 1.50. The number of hydrogen-bond donors (Lipinski definition) is 0. The Kier molecular flexibility index (Phi) is 4.41. The van der Waals surface area contributed by atoms with Crippen molar-refractivity contribution in [3.05, 3.63) is 59.4 Å². The minimum atomic E-state index is -4.71. The summed E-state index contributed by atoms with van der Waals surface area (Å²) in [6.07, 6.45) is -4.25. The Morgan fingerprint density at radius 2 is 1.90 bits per heavy atom. The number of ketones is 1. The molecule has 0 fully saturated rings. The molecule has 0 spiro atoms. The number of benzene rings is 2. The molecule has 0 unspecified atom stereocenters. The minimum Gasteiger partial charge on any atom is -0.650 e. The second kappa shape index (κ2) is 5.92. The highest BCUT2D eigenvalue weighted by Crippen LogP contribution is 2.27. The van der Waals surface area contributed by atoms with E-state index in [2.05, 4.69) is 3.79 Å². The summed E-state index contributed by atoms with van der Waals surface area (Å²) in [5.41, 5.74) is 1.01. The van der Waals surface area contributed by atoms with Gasteiger partial charge >= 0.3 is 22.8 Å². The summed E-state index contributed by atoms with van der Waals surface area (Å²) in [6.45, 7) is 1.81. The van der Waals surface area contributed by atoms with Crippen molar-refractivity contribution in [2.45, 2.75) is 13.1 Å². The van der Waals surface area contributed by atoms with E-state index in [1.54, 1.807) is 31.2 Å². The van der Waals surface area contributed by atoms with E-state index in [0.717, 1.165) is 16.3 Å². The van der Waals surface area contributed by atoms with Crippen LogP contribution in [0.3, 0.4) is 0 Å². The Hall–Kier alpha value is -1.77. The first kappa shape index (κ1) is 15.6. The summed E-state index contributed by atoms with van der Waals surface area (Å²) in [5.74, 6) is -2.10. The van der Waals surface area contributed by atoms with Crippen LogP contribution in [0.2, 0.25) is 0 Å². The highest BCUT2D eigenvalue weighted by Gasteiger charge is 2.34. The van der Waals surface area contributed by atoms with Crippen LogP contribution in [0.25, 0.3) is 10.8 Å². The maximum atomic E-state index is 12.6. The van der Waals surface area contributed by atoms with Gasteiger partial charge in [0.15, 0.2) is 11.5 Å². The molecule has 2 aromatic rings. The second-order valence-electron chi connectivity index (χ2n) is 4.50. The molecule has 0 aliphatic rings. The van der Waals surface area contributed by atoms with Crippen LogP contribution in [0.1, 0.15) is 15.9 Å². The topological polar surface area (TPSA) is 26.3 Å². The predicted molar refractivity (Wildman–Crippen MR) is 74.0 cm³/mol. The third-order valence-corrected chi connectivity index (χ3v) is 3.28. The van der Waals surface area contributed by atoms with E-state index in [9.17, 15) is 18.0 Å². The van der Waals surface area contributed by atoms with E-state index in [1.807, 2.05) is 12.1 Å². The van der Waals surface area contributed by atoms with Gasteiger partial charge in [0, 0.05) is 11.6 Å². The summed E-state index contributed by atoms with van der Waals surface area (Å²) in [4.78, 5) is 12.0. The summed E-state index contributed by atoms with van der Waals surface area (Å²) < 4.78 is 41.9. The van der Waals surface area contributed by atoms with Crippen LogP contribution in [-0.2, 0) is 3.79 Å². The molecule has 0 saturated heterocycles. The van der Waals surface area contributed by atoms with Gasteiger partial charge < -0.3 is 3.79 Å². The molecule has 0 amide bonds. The van der Waals surface area contributed by atoms with E-state index in [1.165, 1.54) is 16.6 Å². The van der Waals surface area contributed by atoms with Gasteiger partial charge in [0.1, 0.15) is 0 Å². The molecule has 106 valence electrons. The van der Waals surface area contributed by atoms with E-state index in [4.69, 9.17) is 0 Å². The first-order chi connectivity index (χ1) is 9.82. The maximum Gasteiger partial charge on any atom is 0.482 e. The molecule has 0 atom stereocenters. The molecule has 2 nitrogen and oxygen atoms in total. The number of hydrogen-bond acceptors (Lipinski definition) is 2. The fraction of sp³-hybridized carbons (Fsp3) is 0.133. The van der Waals surface area contributed by atoms with E-state index in [-0.39, 0.29) is 5.56 Å². The Labute approximate surface area is 128 Å². The zero-order chi connectivity index (χ0) is 15.6. The highest BCUT2D eigenvalue weighted by molar-refractivity contribution is 6.08. The number of alkyl halides is 3. The molecule has 0 N–H and O–H groups in total. The molecular formula is C15H10AlF3O2. The zero-order valence-corrected chi connectivity index (χ0v) is 12.2. The average molecular weight is 306 g/mol. The van der Waals surface area contributed by atoms with Gasteiger partial charge in [0.2, 0.25) is 0 Å². The number of halogens is 3. The van der Waals surface area contributed by atoms with Gasteiger partial charge in [-0.1, -0.05) is 24.3 Å². The van der Waals surface area contributed by atoms with Gasteiger partial charge in [0.05, 0.1) is 0 Å². The van der Waals surface area contributed by atoms with Crippen molar-refractivity contribution >= 4 is 33.2 Å². The average Bonchev–Trinajstić information content (AvgIpc) is 2.43. The second-order valence-corrected chi connectivity index (χ2v) is 4.74. The predicted octanol–water partition coefficient (Wildman–Crippen LogP) is 3.88. The third-order valence-electron chi connectivity index (χ3n) is 3.02. The van der Waals surface area contributed by atoms with Crippen LogP contribution in [-0.4, -0.2) is 28.6 Å². The molecule has 0 aliphatic carbocycles. The Morgan fingerprint density at radius 1 is 1.24 bits per heavy atom. The molecule has 0 saturated carbocycles. The van der Waals surface area contributed by atoms with Crippen molar-refractivity contribution in [1.82, 2.24) is 0 Å². The number of aryl methyl sites for hydroxylation is 1. The molecule has 21 heavy (non-hydrogen) atoms. The molecule has 2 radical (unpaired) electrons. The lowest BCUT2D eigenvalue weighted by Gasteiger charge is -2.12. The van der Waals surface area contributed by atoms with E-state index >= 15 is 0 Å². The van der Waals surface area contributed by atoms with Crippen molar-refractivity contribution < 1.29 is 21.8 Å². The van der Waals surface area contributed by atoms with Crippen LogP contribution >= 0.6 is 0 Å². The van der Waals surface area contributed by atoms with Crippen molar-refractivity contribution in [2.75, 3.05) is 0 Å². The largest absolute Gasteiger partial charge is 0.650 e. The van der Waals surface area contributed by atoms with Crippen LogP contribution in [0.4, 0.5) is 13.2 Å². The maximum absolute atomic E-state index is 12.6. The van der Waals surface area contributed by atoms with Gasteiger partial charge in [-0.15, -0.1) is 0 Å². The molecule has 0 bridgehead atoms. The molecule has 2 aromatic carbocycles. The fourth-order valence-electron chi connectivity index (χ4n) is 2.03. The van der Waals surface area contributed by atoms with Gasteiger partial charge in [-0.3, -0.25) is 4.79 Å². The third kappa shape index (κ3) is 3.47. The monoisotopic (exact) mass is 306 g/mol.